The molecule has 0 saturated carbocycles. The molecule has 0 spiro atoms. The van der Waals surface area contributed by atoms with Gasteiger partial charge in [0.1, 0.15) is 17.8 Å². The van der Waals surface area contributed by atoms with Crippen molar-refractivity contribution >= 4 is 45.0 Å². The van der Waals surface area contributed by atoms with Crippen LogP contribution in [0.3, 0.4) is 0 Å². The van der Waals surface area contributed by atoms with Crippen LogP contribution < -0.4 is 10.6 Å². The van der Waals surface area contributed by atoms with Crippen LogP contribution in [0.5, 0.6) is 0 Å². The summed E-state index contributed by atoms with van der Waals surface area (Å²) in [4.78, 5) is 24.0. The average molecular weight is 485 g/mol. The third kappa shape index (κ3) is 4.46. The number of hydrogen-bond acceptors (Lipinski definition) is 4. The second-order valence-electron chi connectivity index (χ2n) is 8.75. The van der Waals surface area contributed by atoms with Crippen molar-refractivity contribution in [3.8, 4) is 11.1 Å². The monoisotopic (exact) mass is 484 g/mol. The maximum atomic E-state index is 11.8. The van der Waals surface area contributed by atoms with Gasteiger partial charge in [0.05, 0.1) is 5.39 Å². The Balaban J connectivity index is 1.32. The van der Waals surface area contributed by atoms with E-state index in [-0.39, 0.29) is 5.91 Å². The molecular formula is C30H24N6O. The quantitative estimate of drug-likeness (QED) is 0.226. The molecule has 3 aromatic heterocycles. The number of anilines is 3. The number of amides is 1. The molecule has 180 valence electrons. The summed E-state index contributed by atoms with van der Waals surface area (Å²) in [6, 6.07) is 26.5. The van der Waals surface area contributed by atoms with Crippen LogP contribution in [0, 0.1) is 0 Å². The Kier molecular flexibility index (Phi) is 5.71. The molecule has 0 saturated heterocycles. The summed E-state index contributed by atoms with van der Waals surface area (Å²) in [6.45, 7) is 4.34. The fourth-order valence-electron chi connectivity index (χ4n) is 4.58. The van der Waals surface area contributed by atoms with Crippen molar-refractivity contribution in [2.75, 3.05) is 10.6 Å². The van der Waals surface area contributed by atoms with Crippen LogP contribution in [-0.4, -0.2) is 25.4 Å². The largest absolute Gasteiger partial charge is 0.345 e. The number of rotatable bonds is 7. The first kappa shape index (κ1) is 22.3. The zero-order valence-corrected chi connectivity index (χ0v) is 20.0. The molecule has 3 N–H and O–H groups in total. The van der Waals surface area contributed by atoms with Crippen molar-refractivity contribution in [2.24, 2.45) is 0 Å². The highest BCUT2D eigenvalue weighted by Crippen LogP contribution is 2.34. The molecule has 6 aromatic rings. The van der Waals surface area contributed by atoms with Gasteiger partial charge in [-0.2, -0.15) is 0 Å². The van der Waals surface area contributed by atoms with Crippen molar-refractivity contribution < 1.29 is 4.79 Å². The number of carbonyl (C=O) groups is 1. The first-order valence-electron chi connectivity index (χ1n) is 11.9. The van der Waals surface area contributed by atoms with E-state index >= 15 is 0 Å². The molecule has 7 nitrogen and oxygen atoms in total. The fourth-order valence-corrected chi connectivity index (χ4v) is 4.58. The van der Waals surface area contributed by atoms with Crippen LogP contribution in [0.25, 0.3) is 33.1 Å². The SMILES string of the molecule is C=CC(=O)Nc1cccc(-c2c[nH]c3ncnc(Nc4ccc5c(ccn5Cc5ccccc5)c4)c23)c1. The molecule has 6 rings (SSSR count). The molecule has 0 atom stereocenters. The van der Waals surface area contributed by atoms with Gasteiger partial charge < -0.3 is 20.2 Å². The minimum Gasteiger partial charge on any atom is -0.345 e. The second kappa shape index (κ2) is 9.47. The molecule has 7 heteroatoms. The molecule has 0 unspecified atom stereocenters. The van der Waals surface area contributed by atoms with E-state index in [9.17, 15) is 4.79 Å². The number of aromatic amines is 1. The zero-order valence-electron chi connectivity index (χ0n) is 20.0. The third-order valence-electron chi connectivity index (χ3n) is 6.33. The van der Waals surface area contributed by atoms with Crippen LogP contribution in [0.15, 0.2) is 110 Å². The maximum absolute atomic E-state index is 11.8. The smallest absolute Gasteiger partial charge is 0.247 e. The van der Waals surface area contributed by atoms with Crippen molar-refractivity contribution in [2.45, 2.75) is 6.54 Å². The minimum atomic E-state index is -0.255. The molecule has 37 heavy (non-hydrogen) atoms. The number of aromatic nitrogens is 4. The van der Waals surface area contributed by atoms with Crippen molar-refractivity contribution in [3.05, 3.63) is 116 Å². The lowest BCUT2D eigenvalue weighted by atomic mass is 10.1. The average Bonchev–Trinajstić information content (AvgIpc) is 3.54. The van der Waals surface area contributed by atoms with Gasteiger partial charge in [-0.3, -0.25) is 4.79 Å². The number of benzene rings is 3. The summed E-state index contributed by atoms with van der Waals surface area (Å²) in [6.07, 6.45) is 6.82. The van der Waals surface area contributed by atoms with Crippen molar-refractivity contribution in [1.82, 2.24) is 19.5 Å². The van der Waals surface area contributed by atoms with Gasteiger partial charge in [-0.25, -0.2) is 9.97 Å². The van der Waals surface area contributed by atoms with Gasteiger partial charge in [0.2, 0.25) is 5.91 Å². The maximum Gasteiger partial charge on any atom is 0.247 e. The lowest BCUT2D eigenvalue weighted by molar-refractivity contribution is -0.111. The van der Waals surface area contributed by atoms with E-state index in [1.165, 1.54) is 17.2 Å². The predicted molar refractivity (Wildman–Crippen MR) is 149 cm³/mol. The minimum absolute atomic E-state index is 0.255. The highest BCUT2D eigenvalue weighted by atomic mass is 16.1. The summed E-state index contributed by atoms with van der Waals surface area (Å²) in [5, 5.41) is 8.32. The van der Waals surface area contributed by atoms with E-state index in [2.05, 4.69) is 91.5 Å². The molecule has 0 aliphatic heterocycles. The molecule has 0 bridgehead atoms. The number of carbonyl (C=O) groups excluding carboxylic acids is 1. The van der Waals surface area contributed by atoms with Gasteiger partial charge in [0.15, 0.2) is 0 Å². The lowest BCUT2D eigenvalue weighted by Gasteiger charge is -2.10. The van der Waals surface area contributed by atoms with Gasteiger partial charge in [0.25, 0.3) is 0 Å². The Bertz CT molecular complexity index is 1750. The molecule has 0 aliphatic carbocycles. The second-order valence-corrected chi connectivity index (χ2v) is 8.75. The molecule has 0 aliphatic rings. The Morgan fingerprint density at radius 3 is 2.73 bits per heavy atom. The van der Waals surface area contributed by atoms with Crippen LogP contribution in [0.4, 0.5) is 17.2 Å². The van der Waals surface area contributed by atoms with Crippen LogP contribution in [0.1, 0.15) is 5.56 Å². The van der Waals surface area contributed by atoms with E-state index in [0.717, 1.165) is 39.8 Å². The first-order chi connectivity index (χ1) is 18.2. The Morgan fingerprint density at radius 2 is 1.86 bits per heavy atom. The van der Waals surface area contributed by atoms with Crippen LogP contribution >= 0.6 is 0 Å². The van der Waals surface area contributed by atoms with Gasteiger partial charge in [-0.1, -0.05) is 49.0 Å². The third-order valence-corrected chi connectivity index (χ3v) is 6.33. The highest BCUT2D eigenvalue weighted by Gasteiger charge is 2.14. The summed E-state index contributed by atoms with van der Waals surface area (Å²) >= 11 is 0. The molecule has 1 amide bonds. The van der Waals surface area contributed by atoms with E-state index in [1.54, 1.807) is 6.33 Å². The highest BCUT2D eigenvalue weighted by molar-refractivity contribution is 6.03. The topological polar surface area (TPSA) is 87.6 Å². The molecular weight excluding hydrogens is 460 g/mol. The van der Waals surface area contributed by atoms with Gasteiger partial charge in [-0.15, -0.1) is 0 Å². The number of hydrogen-bond donors (Lipinski definition) is 3. The van der Waals surface area contributed by atoms with Gasteiger partial charge in [0, 0.05) is 46.8 Å². The van der Waals surface area contributed by atoms with Crippen LogP contribution in [0.2, 0.25) is 0 Å². The number of H-pyrrole nitrogens is 1. The Morgan fingerprint density at radius 1 is 0.973 bits per heavy atom. The van der Waals surface area contributed by atoms with Crippen LogP contribution in [-0.2, 0) is 11.3 Å². The number of nitrogens with one attached hydrogen (secondary N) is 3. The first-order valence-corrected chi connectivity index (χ1v) is 11.9. The van der Waals surface area contributed by atoms with E-state index in [1.807, 2.05) is 36.5 Å². The number of fused-ring (bicyclic) bond motifs is 2. The van der Waals surface area contributed by atoms with E-state index in [4.69, 9.17) is 0 Å². The molecule has 0 radical (unpaired) electrons. The number of nitrogens with zero attached hydrogens (tertiary/aromatic N) is 3. The summed E-state index contributed by atoms with van der Waals surface area (Å²) in [7, 11) is 0. The lowest BCUT2D eigenvalue weighted by Crippen LogP contribution is -2.06. The normalized spacial score (nSPS) is 11.0. The van der Waals surface area contributed by atoms with E-state index in [0.29, 0.717) is 11.5 Å². The standard InChI is InChI=1S/C30H24N6O/c1-2-27(37)34-23-10-6-9-21(15-23)25-17-31-29-28(25)30(33-19-32-29)35-24-11-12-26-22(16-24)13-14-36(26)18-20-7-4-3-5-8-20/h2-17,19H,1,18H2,(H,34,37)(H2,31,32,33,35). The van der Waals surface area contributed by atoms with Gasteiger partial charge in [-0.05, 0) is 53.6 Å². The fraction of sp³-hybridized carbons (Fsp3) is 0.0333. The zero-order chi connectivity index (χ0) is 25.2. The molecule has 3 aromatic carbocycles. The van der Waals surface area contributed by atoms with Crippen molar-refractivity contribution in [1.29, 1.82) is 0 Å². The summed E-state index contributed by atoms with van der Waals surface area (Å²) in [5.41, 5.74) is 6.64. The van der Waals surface area contributed by atoms with Crippen molar-refractivity contribution in [3.63, 3.8) is 0 Å². The molecule has 3 heterocycles. The Labute approximate surface area is 213 Å². The Hall–Kier alpha value is -5.17. The summed E-state index contributed by atoms with van der Waals surface area (Å²) in [5.74, 6) is 0.444. The molecule has 0 fully saturated rings. The van der Waals surface area contributed by atoms with E-state index < -0.39 is 0 Å². The predicted octanol–water partition coefficient (Wildman–Crippen LogP) is 6.50. The summed E-state index contributed by atoms with van der Waals surface area (Å²) < 4.78 is 2.25. The van der Waals surface area contributed by atoms with Gasteiger partial charge >= 0.3 is 0 Å².